The third-order valence-electron chi connectivity index (χ3n) is 2.52. The van der Waals surface area contributed by atoms with E-state index in [1.807, 2.05) is 0 Å². The first-order chi connectivity index (χ1) is 6.22. The summed E-state index contributed by atoms with van der Waals surface area (Å²) >= 11 is -1.65. The second-order valence-corrected chi connectivity index (χ2v) is 4.62. The molecule has 0 bridgehead atoms. The van der Waals surface area contributed by atoms with Crippen molar-refractivity contribution in [3.05, 3.63) is 0 Å². The molecule has 3 N–H and O–H groups in total. The van der Waals surface area contributed by atoms with Crippen LogP contribution in [0, 0.1) is 5.92 Å². The summed E-state index contributed by atoms with van der Waals surface area (Å²) in [4.78, 5) is 2.23. The van der Waals surface area contributed by atoms with Gasteiger partial charge in [0.25, 0.3) is 0 Å². The molecule has 78 valence electrons. The number of hydrogen-bond donors (Lipinski definition) is 2. The molecule has 1 saturated heterocycles. The molecule has 1 fully saturated rings. The highest BCUT2D eigenvalue weighted by atomic mass is 32.2. The summed E-state index contributed by atoms with van der Waals surface area (Å²) in [5.74, 6) is 0.943. The smallest absolute Gasteiger partial charge is 0.154 e. The Kier molecular flexibility index (Phi) is 4.87. The molecule has 2 unspecified atom stereocenters. The van der Waals surface area contributed by atoms with Crippen LogP contribution >= 0.6 is 0 Å². The highest BCUT2D eigenvalue weighted by Gasteiger charge is 2.18. The van der Waals surface area contributed by atoms with Crippen LogP contribution in [0.3, 0.4) is 0 Å². The summed E-state index contributed by atoms with van der Waals surface area (Å²) in [7, 11) is 0. The Labute approximate surface area is 81.8 Å². The van der Waals surface area contributed by atoms with Crippen LogP contribution in [-0.2, 0) is 11.1 Å². The Morgan fingerprint density at radius 1 is 1.62 bits per heavy atom. The maximum atomic E-state index is 10.5. The van der Waals surface area contributed by atoms with Crippen molar-refractivity contribution in [2.24, 2.45) is 11.7 Å². The predicted molar refractivity (Wildman–Crippen MR) is 53.9 cm³/mol. The summed E-state index contributed by atoms with van der Waals surface area (Å²) in [5, 5.41) is 0. The SMILES string of the molecule is NCC1CCCN(CCS(=O)O)C1. The zero-order valence-corrected chi connectivity index (χ0v) is 8.63. The minimum absolute atomic E-state index is 0.358. The van der Waals surface area contributed by atoms with E-state index in [0.29, 0.717) is 11.7 Å². The fourth-order valence-electron chi connectivity index (χ4n) is 1.75. The molecule has 1 heterocycles. The lowest BCUT2D eigenvalue weighted by Gasteiger charge is -2.31. The van der Waals surface area contributed by atoms with Gasteiger partial charge in [-0.3, -0.25) is 0 Å². The number of piperidine rings is 1. The highest BCUT2D eigenvalue weighted by molar-refractivity contribution is 7.79. The zero-order valence-electron chi connectivity index (χ0n) is 7.82. The average Bonchev–Trinajstić information content (AvgIpc) is 2.15. The first-order valence-electron chi connectivity index (χ1n) is 4.72. The van der Waals surface area contributed by atoms with Gasteiger partial charge in [-0.05, 0) is 31.8 Å². The lowest BCUT2D eigenvalue weighted by Crippen LogP contribution is -2.40. The van der Waals surface area contributed by atoms with E-state index in [0.717, 1.165) is 26.2 Å². The van der Waals surface area contributed by atoms with Crippen LogP contribution in [0.15, 0.2) is 0 Å². The molecule has 0 radical (unpaired) electrons. The van der Waals surface area contributed by atoms with Crippen molar-refractivity contribution in [1.82, 2.24) is 4.90 Å². The molecule has 0 aromatic heterocycles. The molecule has 0 saturated carbocycles. The maximum absolute atomic E-state index is 10.5. The molecule has 1 aliphatic rings. The maximum Gasteiger partial charge on any atom is 0.154 e. The average molecular weight is 206 g/mol. The molecular formula is C8H18N2O2S. The van der Waals surface area contributed by atoms with E-state index in [-0.39, 0.29) is 0 Å². The van der Waals surface area contributed by atoms with Gasteiger partial charge in [-0.15, -0.1) is 0 Å². The second kappa shape index (κ2) is 5.70. The van der Waals surface area contributed by atoms with E-state index in [1.54, 1.807) is 0 Å². The van der Waals surface area contributed by atoms with Gasteiger partial charge in [0.05, 0.1) is 5.75 Å². The first kappa shape index (κ1) is 11.1. The van der Waals surface area contributed by atoms with Crippen molar-refractivity contribution in [2.45, 2.75) is 12.8 Å². The van der Waals surface area contributed by atoms with Crippen LogP contribution in [0.2, 0.25) is 0 Å². The van der Waals surface area contributed by atoms with E-state index in [9.17, 15) is 4.21 Å². The summed E-state index contributed by atoms with van der Waals surface area (Å²) < 4.78 is 19.1. The van der Waals surface area contributed by atoms with Gasteiger partial charge in [-0.2, -0.15) is 0 Å². The monoisotopic (exact) mass is 206 g/mol. The van der Waals surface area contributed by atoms with Gasteiger partial charge in [0.2, 0.25) is 0 Å². The van der Waals surface area contributed by atoms with Crippen molar-refractivity contribution in [3.8, 4) is 0 Å². The van der Waals surface area contributed by atoms with Gasteiger partial charge in [-0.1, -0.05) is 0 Å². The van der Waals surface area contributed by atoms with E-state index in [1.165, 1.54) is 12.8 Å². The fraction of sp³-hybridized carbons (Fsp3) is 1.00. The van der Waals surface area contributed by atoms with Crippen LogP contribution in [0.5, 0.6) is 0 Å². The van der Waals surface area contributed by atoms with Crippen LogP contribution < -0.4 is 5.73 Å². The Morgan fingerprint density at radius 3 is 3.00 bits per heavy atom. The van der Waals surface area contributed by atoms with Crippen LogP contribution in [0.1, 0.15) is 12.8 Å². The summed E-state index contributed by atoms with van der Waals surface area (Å²) in [6, 6.07) is 0. The summed E-state index contributed by atoms with van der Waals surface area (Å²) in [5.41, 5.74) is 5.59. The van der Waals surface area contributed by atoms with Crippen LogP contribution in [-0.4, -0.2) is 45.6 Å². The topological polar surface area (TPSA) is 66.6 Å². The van der Waals surface area contributed by atoms with Crippen molar-refractivity contribution >= 4 is 11.1 Å². The quantitative estimate of drug-likeness (QED) is 0.629. The highest BCUT2D eigenvalue weighted by Crippen LogP contribution is 2.14. The molecule has 2 atom stereocenters. The number of nitrogens with two attached hydrogens (primary N) is 1. The standard InChI is InChI=1S/C8H18N2O2S/c9-6-8-2-1-3-10(7-8)4-5-13(11)12/h8H,1-7,9H2,(H,11,12). The molecule has 0 aliphatic carbocycles. The summed E-state index contributed by atoms with van der Waals surface area (Å²) in [6.07, 6.45) is 2.37. The van der Waals surface area contributed by atoms with Gasteiger partial charge in [-0.25, -0.2) is 4.21 Å². The molecule has 0 aromatic carbocycles. The van der Waals surface area contributed by atoms with Crippen molar-refractivity contribution < 1.29 is 8.76 Å². The Bertz CT molecular complexity index is 178. The molecule has 4 nitrogen and oxygen atoms in total. The van der Waals surface area contributed by atoms with E-state index in [2.05, 4.69) is 4.90 Å². The molecule has 5 heteroatoms. The van der Waals surface area contributed by atoms with Crippen molar-refractivity contribution in [2.75, 3.05) is 31.9 Å². The summed E-state index contributed by atoms with van der Waals surface area (Å²) in [6.45, 7) is 3.50. The Hall–Kier alpha value is 0.0300. The predicted octanol–water partition coefficient (Wildman–Crippen LogP) is -0.121. The van der Waals surface area contributed by atoms with Gasteiger partial charge in [0.15, 0.2) is 11.1 Å². The molecule has 13 heavy (non-hydrogen) atoms. The molecule has 0 amide bonds. The zero-order chi connectivity index (χ0) is 9.68. The third-order valence-corrected chi connectivity index (χ3v) is 3.05. The van der Waals surface area contributed by atoms with Gasteiger partial charge in [0, 0.05) is 13.1 Å². The lowest BCUT2D eigenvalue weighted by molar-refractivity contribution is 0.187. The third kappa shape index (κ3) is 4.17. The van der Waals surface area contributed by atoms with E-state index >= 15 is 0 Å². The largest absolute Gasteiger partial charge is 0.330 e. The lowest BCUT2D eigenvalue weighted by atomic mass is 9.98. The molecule has 1 rings (SSSR count). The molecule has 0 spiro atoms. The Morgan fingerprint density at radius 2 is 2.38 bits per heavy atom. The minimum atomic E-state index is -1.65. The van der Waals surface area contributed by atoms with E-state index in [4.69, 9.17) is 10.3 Å². The number of nitrogens with zero attached hydrogens (tertiary/aromatic N) is 1. The van der Waals surface area contributed by atoms with Crippen LogP contribution in [0.25, 0.3) is 0 Å². The van der Waals surface area contributed by atoms with Gasteiger partial charge in [0.1, 0.15) is 0 Å². The Balaban J connectivity index is 2.21. The minimum Gasteiger partial charge on any atom is -0.330 e. The van der Waals surface area contributed by atoms with Crippen LogP contribution in [0.4, 0.5) is 0 Å². The molecule has 0 aromatic rings. The normalized spacial score (nSPS) is 27.4. The number of rotatable bonds is 4. The van der Waals surface area contributed by atoms with E-state index < -0.39 is 11.1 Å². The fourth-order valence-corrected chi connectivity index (χ4v) is 2.17. The van der Waals surface area contributed by atoms with Crippen molar-refractivity contribution in [1.29, 1.82) is 0 Å². The van der Waals surface area contributed by atoms with Gasteiger partial charge >= 0.3 is 0 Å². The van der Waals surface area contributed by atoms with Gasteiger partial charge < -0.3 is 15.2 Å². The first-order valence-corrected chi connectivity index (χ1v) is 6.00. The molecular weight excluding hydrogens is 188 g/mol. The number of hydrogen-bond acceptors (Lipinski definition) is 3. The number of likely N-dealkylation sites (tertiary alicyclic amines) is 1. The van der Waals surface area contributed by atoms with Crippen molar-refractivity contribution in [3.63, 3.8) is 0 Å². The second-order valence-electron chi connectivity index (χ2n) is 3.57. The molecule has 1 aliphatic heterocycles.